The van der Waals surface area contributed by atoms with Crippen molar-refractivity contribution in [3.05, 3.63) is 46.7 Å². The number of amides is 1. The first kappa shape index (κ1) is 12.8. The number of benzene rings is 1. The molecule has 0 aliphatic carbocycles. The van der Waals surface area contributed by atoms with Crippen LogP contribution in [0.15, 0.2) is 41.1 Å². The Kier molecular flexibility index (Phi) is 3.81. The van der Waals surface area contributed by atoms with Gasteiger partial charge in [0.25, 0.3) is 5.91 Å². The van der Waals surface area contributed by atoms with E-state index in [9.17, 15) is 4.79 Å². The molecular weight excluding hydrogens is 294 g/mol. The van der Waals surface area contributed by atoms with Crippen LogP contribution in [0.5, 0.6) is 0 Å². The molecule has 0 aliphatic heterocycles. The molecule has 1 aromatic heterocycles. The number of hydrogen-bond acceptors (Lipinski definition) is 2. The lowest BCUT2D eigenvalue weighted by Crippen LogP contribution is -2.25. The van der Waals surface area contributed by atoms with Crippen molar-refractivity contribution in [2.45, 2.75) is 6.92 Å². The minimum atomic E-state index is -0.0131. The fourth-order valence-corrected chi connectivity index (χ4v) is 1.80. The monoisotopic (exact) mass is 307 g/mol. The molecule has 0 fully saturated rings. The Bertz CT molecular complexity index is 548. The third-order valence-electron chi connectivity index (χ3n) is 2.74. The van der Waals surface area contributed by atoms with E-state index >= 15 is 0 Å². The third-order valence-corrected chi connectivity index (χ3v) is 3.27. The van der Waals surface area contributed by atoms with Crippen molar-refractivity contribution in [1.29, 1.82) is 0 Å². The Hall–Kier alpha value is -1.62. The van der Waals surface area contributed by atoms with Gasteiger partial charge in [-0.15, -0.1) is 0 Å². The van der Waals surface area contributed by atoms with Crippen LogP contribution in [0.1, 0.15) is 17.3 Å². The van der Waals surface area contributed by atoms with E-state index in [2.05, 4.69) is 21.0 Å². The van der Waals surface area contributed by atoms with Crippen molar-refractivity contribution in [2.75, 3.05) is 13.6 Å². The van der Waals surface area contributed by atoms with Gasteiger partial charge in [-0.05, 0) is 31.2 Å². The molecule has 0 spiro atoms. The lowest BCUT2D eigenvalue weighted by molar-refractivity contribution is 0.0802. The molecule has 0 radical (unpaired) electrons. The highest BCUT2D eigenvalue weighted by Crippen LogP contribution is 2.14. The van der Waals surface area contributed by atoms with E-state index < -0.39 is 0 Å². The molecule has 0 atom stereocenters. The summed E-state index contributed by atoms with van der Waals surface area (Å²) in [5, 5.41) is 4.21. The smallest absolute Gasteiger partial charge is 0.256 e. The number of aromatic nitrogens is 2. The highest BCUT2D eigenvalue weighted by molar-refractivity contribution is 9.10. The molecule has 0 bridgehead atoms. The van der Waals surface area contributed by atoms with Gasteiger partial charge < -0.3 is 4.90 Å². The van der Waals surface area contributed by atoms with Gasteiger partial charge in [0.05, 0.1) is 17.4 Å². The van der Waals surface area contributed by atoms with Gasteiger partial charge in [0.1, 0.15) is 0 Å². The number of nitrogens with zero attached hydrogens (tertiary/aromatic N) is 3. The van der Waals surface area contributed by atoms with Crippen molar-refractivity contribution in [1.82, 2.24) is 14.7 Å². The van der Waals surface area contributed by atoms with E-state index in [0.717, 1.165) is 10.2 Å². The van der Waals surface area contributed by atoms with Crippen molar-refractivity contribution < 1.29 is 4.79 Å². The summed E-state index contributed by atoms with van der Waals surface area (Å²) in [5.74, 6) is -0.0131. The third kappa shape index (κ3) is 2.61. The molecule has 1 amide bonds. The molecule has 0 aliphatic rings. The van der Waals surface area contributed by atoms with E-state index in [0.29, 0.717) is 12.1 Å². The summed E-state index contributed by atoms with van der Waals surface area (Å²) in [6.07, 6.45) is 3.34. The van der Waals surface area contributed by atoms with Gasteiger partial charge in [0.15, 0.2) is 0 Å². The van der Waals surface area contributed by atoms with Gasteiger partial charge in [0, 0.05) is 24.3 Å². The predicted octanol–water partition coefficient (Wildman–Crippen LogP) is 2.73. The first-order chi connectivity index (χ1) is 8.61. The SMILES string of the molecule is CCN(C)C(=O)c1cnn(-c2ccc(Br)cc2)c1. The number of hydrogen-bond donors (Lipinski definition) is 0. The average molecular weight is 308 g/mol. The molecule has 94 valence electrons. The van der Waals surface area contributed by atoms with E-state index in [1.807, 2.05) is 31.2 Å². The highest BCUT2D eigenvalue weighted by Gasteiger charge is 2.12. The van der Waals surface area contributed by atoms with E-state index in [1.54, 1.807) is 29.0 Å². The second-order valence-corrected chi connectivity index (χ2v) is 4.89. The van der Waals surface area contributed by atoms with Crippen LogP contribution in [0, 0.1) is 0 Å². The zero-order valence-electron chi connectivity index (χ0n) is 10.3. The predicted molar refractivity (Wildman–Crippen MR) is 73.9 cm³/mol. The molecular formula is C13H14BrN3O. The molecule has 1 heterocycles. The number of carbonyl (C=O) groups excluding carboxylic acids is 1. The van der Waals surface area contributed by atoms with Crippen LogP contribution in [-0.2, 0) is 0 Å². The molecule has 5 heteroatoms. The fraction of sp³-hybridized carbons (Fsp3) is 0.231. The van der Waals surface area contributed by atoms with Gasteiger partial charge in [-0.25, -0.2) is 4.68 Å². The summed E-state index contributed by atoms with van der Waals surface area (Å²) in [7, 11) is 1.78. The Balaban J connectivity index is 2.25. The molecule has 0 saturated carbocycles. The summed E-state index contributed by atoms with van der Waals surface area (Å²) in [4.78, 5) is 13.6. The number of rotatable bonds is 3. The van der Waals surface area contributed by atoms with Crippen LogP contribution in [0.2, 0.25) is 0 Å². The van der Waals surface area contributed by atoms with Crippen molar-refractivity contribution in [3.8, 4) is 5.69 Å². The summed E-state index contributed by atoms with van der Waals surface area (Å²) in [6.45, 7) is 2.62. The summed E-state index contributed by atoms with van der Waals surface area (Å²) >= 11 is 3.38. The average Bonchev–Trinajstić information content (AvgIpc) is 2.87. The number of halogens is 1. The maximum Gasteiger partial charge on any atom is 0.256 e. The molecule has 0 unspecified atom stereocenters. The zero-order chi connectivity index (χ0) is 13.1. The van der Waals surface area contributed by atoms with Gasteiger partial charge in [-0.3, -0.25) is 4.79 Å². The maximum atomic E-state index is 11.9. The molecule has 2 rings (SSSR count). The van der Waals surface area contributed by atoms with Gasteiger partial charge in [-0.1, -0.05) is 15.9 Å². The van der Waals surface area contributed by atoms with E-state index in [-0.39, 0.29) is 5.91 Å². The van der Waals surface area contributed by atoms with Gasteiger partial charge >= 0.3 is 0 Å². The largest absolute Gasteiger partial charge is 0.342 e. The number of carbonyl (C=O) groups is 1. The summed E-state index contributed by atoms with van der Waals surface area (Å²) < 4.78 is 2.71. The Morgan fingerprint density at radius 3 is 2.67 bits per heavy atom. The van der Waals surface area contributed by atoms with E-state index in [4.69, 9.17) is 0 Å². The van der Waals surface area contributed by atoms with E-state index in [1.165, 1.54) is 0 Å². The lowest BCUT2D eigenvalue weighted by Gasteiger charge is -2.12. The zero-order valence-corrected chi connectivity index (χ0v) is 11.9. The normalized spacial score (nSPS) is 10.4. The highest BCUT2D eigenvalue weighted by atomic mass is 79.9. The molecule has 2 aromatic rings. The topological polar surface area (TPSA) is 38.1 Å². The van der Waals surface area contributed by atoms with Crippen LogP contribution in [0.4, 0.5) is 0 Å². The van der Waals surface area contributed by atoms with Crippen molar-refractivity contribution >= 4 is 21.8 Å². The van der Waals surface area contributed by atoms with Crippen LogP contribution >= 0.6 is 15.9 Å². The summed E-state index contributed by atoms with van der Waals surface area (Å²) in [5.41, 5.74) is 1.53. The standard InChI is InChI=1S/C13H14BrN3O/c1-3-16(2)13(18)10-8-15-17(9-10)12-6-4-11(14)5-7-12/h4-9H,3H2,1-2H3. The molecule has 18 heavy (non-hydrogen) atoms. The maximum absolute atomic E-state index is 11.9. The first-order valence-corrected chi connectivity index (χ1v) is 6.47. The Morgan fingerprint density at radius 2 is 2.06 bits per heavy atom. The first-order valence-electron chi connectivity index (χ1n) is 5.68. The molecule has 4 nitrogen and oxygen atoms in total. The molecule has 1 aromatic carbocycles. The van der Waals surface area contributed by atoms with Crippen molar-refractivity contribution in [3.63, 3.8) is 0 Å². The Labute approximate surface area is 114 Å². The van der Waals surface area contributed by atoms with Crippen LogP contribution in [0.3, 0.4) is 0 Å². The van der Waals surface area contributed by atoms with Crippen LogP contribution in [-0.4, -0.2) is 34.2 Å². The Morgan fingerprint density at radius 1 is 1.39 bits per heavy atom. The molecule has 0 saturated heterocycles. The minimum Gasteiger partial charge on any atom is -0.342 e. The second kappa shape index (κ2) is 5.35. The van der Waals surface area contributed by atoms with Crippen LogP contribution in [0.25, 0.3) is 5.69 Å². The second-order valence-electron chi connectivity index (χ2n) is 3.97. The summed E-state index contributed by atoms with van der Waals surface area (Å²) in [6, 6.07) is 7.76. The van der Waals surface area contributed by atoms with Gasteiger partial charge in [-0.2, -0.15) is 5.10 Å². The minimum absolute atomic E-state index is 0.0131. The van der Waals surface area contributed by atoms with Crippen molar-refractivity contribution in [2.24, 2.45) is 0 Å². The van der Waals surface area contributed by atoms with Gasteiger partial charge in [0.2, 0.25) is 0 Å². The molecule has 0 N–H and O–H groups in total. The quantitative estimate of drug-likeness (QED) is 0.874. The lowest BCUT2D eigenvalue weighted by atomic mass is 10.3. The van der Waals surface area contributed by atoms with Crippen LogP contribution < -0.4 is 0 Å². The fourth-order valence-electron chi connectivity index (χ4n) is 1.53.